The van der Waals surface area contributed by atoms with Crippen molar-refractivity contribution < 1.29 is 18.0 Å². The maximum atomic E-state index is 12.3. The summed E-state index contributed by atoms with van der Waals surface area (Å²) in [5.74, 6) is -0.695. The molecule has 1 amide bonds. The monoisotopic (exact) mass is 284 g/mol. The molecular weight excluding hydrogens is 273 g/mol. The number of aromatic nitrogens is 2. The Morgan fingerprint density at radius 2 is 2.10 bits per heavy atom. The minimum absolute atomic E-state index is 0.151. The van der Waals surface area contributed by atoms with Crippen LogP contribution in [0.25, 0.3) is 0 Å². The second kappa shape index (κ2) is 5.24. The molecule has 2 rings (SSSR count). The smallest absolute Gasteiger partial charge is 0.399 e. The summed E-state index contributed by atoms with van der Waals surface area (Å²) < 4.78 is 37.0. The van der Waals surface area contributed by atoms with Crippen molar-refractivity contribution in [1.82, 2.24) is 15.5 Å². The number of benzene rings is 1. The predicted molar refractivity (Wildman–Crippen MR) is 65.6 cm³/mol. The Morgan fingerprint density at radius 3 is 2.70 bits per heavy atom. The zero-order valence-electron chi connectivity index (χ0n) is 10.2. The number of aromatic amines is 1. The van der Waals surface area contributed by atoms with Gasteiger partial charge >= 0.3 is 6.18 Å². The number of anilines is 1. The number of nitrogens with zero attached hydrogens (tertiary/aromatic N) is 1. The Kier molecular flexibility index (Phi) is 3.64. The molecule has 1 aromatic carbocycles. The molecule has 0 aliphatic carbocycles. The molecule has 8 heteroatoms. The highest BCUT2D eigenvalue weighted by molar-refractivity contribution is 5.92. The number of hydrogen-bond acceptors (Lipinski definition) is 3. The van der Waals surface area contributed by atoms with E-state index in [0.29, 0.717) is 11.8 Å². The SMILES string of the molecule is Nc1cccc(CNC(=O)c2cc(C(F)(F)F)[nH]n2)c1. The van der Waals surface area contributed by atoms with E-state index in [9.17, 15) is 18.0 Å². The third-order valence-electron chi connectivity index (χ3n) is 2.52. The van der Waals surface area contributed by atoms with Crippen LogP contribution in [0, 0.1) is 0 Å². The Hall–Kier alpha value is -2.51. The molecule has 1 heterocycles. The molecule has 0 aliphatic heterocycles. The molecule has 0 spiro atoms. The number of hydrogen-bond donors (Lipinski definition) is 3. The fourth-order valence-corrected chi connectivity index (χ4v) is 1.56. The fraction of sp³-hybridized carbons (Fsp3) is 0.167. The van der Waals surface area contributed by atoms with Crippen LogP contribution >= 0.6 is 0 Å². The van der Waals surface area contributed by atoms with E-state index in [1.165, 1.54) is 0 Å². The van der Waals surface area contributed by atoms with E-state index in [1.807, 2.05) is 0 Å². The highest BCUT2D eigenvalue weighted by Gasteiger charge is 2.33. The maximum Gasteiger partial charge on any atom is 0.432 e. The van der Waals surface area contributed by atoms with E-state index in [4.69, 9.17) is 5.73 Å². The molecule has 0 saturated carbocycles. The van der Waals surface area contributed by atoms with Crippen LogP contribution in [0.1, 0.15) is 21.7 Å². The molecule has 0 unspecified atom stereocenters. The summed E-state index contributed by atoms with van der Waals surface area (Å²) in [5, 5.41) is 7.57. The molecule has 0 bridgehead atoms. The van der Waals surface area contributed by atoms with Crippen molar-refractivity contribution in [2.75, 3.05) is 5.73 Å². The van der Waals surface area contributed by atoms with Gasteiger partial charge in [-0.2, -0.15) is 18.3 Å². The van der Waals surface area contributed by atoms with Gasteiger partial charge in [-0.05, 0) is 17.7 Å². The number of carbonyl (C=O) groups is 1. The number of rotatable bonds is 3. The summed E-state index contributed by atoms with van der Waals surface area (Å²) in [7, 11) is 0. The number of H-pyrrole nitrogens is 1. The fourth-order valence-electron chi connectivity index (χ4n) is 1.56. The van der Waals surface area contributed by atoms with Crippen LogP contribution in [0.5, 0.6) is 0 Å². The van der Waals surface area contributed by atoms with Crippen LogP contribution in [-0.4, -0.2) is 16.1 Å². The lowest BCUT2D eigenvalue weighted by molar-refractivity contribution is -0.141. The van der Waals surface area contributed by atoms with E-state index >= 15 is 0 Å². The summed E-state index contributed by atoms with van der Waals surface area (Å²) in [6.45, 7) is 0.151. The van der Waals surface area contributed by atoms with Crippen LogP contribution in [0.2, 0.25) is 0 Å². The molecule has 0 aliphatic rings. The van der Waals surface area contributed by atoms with Gasteiger partial charge in [0.05, 0.1) is 0 Å². The van der Waals surface area contributed by atoms with Crippen molar-refractivity contribution in [2.24, 2.45) is 0 Å². The number of halogens is 3. The lowest BCUT2D eigenvalue weighted by Crippen LogP contribution is -2.23. The minimum Gasteiger partial charge on any atom is -0.399 e. The van der Waals surface area contributed by atoms with Gasteiger partial charge in [-0.15, -0.1) is 0 Å². The topological polar surface area (TPSA) is 83.8 Å². The minimum atomic E-state index is -4.56. The van der Waals surface area contributed by atoms with E-state index in [-0.39, 0.29) is 12.2 Å². The van der Waals surface area contributed by atoms with Crippen molar-refractivity contribution in [3.8, 4) is 0 Å². The van der Waals surface area contributed by atoms with Crippen LogP contribution in [-0.2, 0) is 12.7 Å². The second-order valence-electron chi connectivity index (χ2n) is 4.09. The van der Waals surface area contributed by atoms with Crippen LogP contribution in [0.3, 0.4) is 0 Å². The third-order valence-corrected chi connectivity index (χ3v) is 2.52. The molecule has 0 fully saturated rings. The molecule has 1 aromatic heterocycles. The van der Waals surface area contributed by atoms with E-state index in [0.717, 1.165) is 5.56 Å². The van der Waals surface area contributed by atoms with Crippen molar-refractivity contribution in [3.05, 3.63) is 47.3 Å². The number of alkyl halides is 3. The van der Waals surface area contributed by atoms with Crippen molar-refractivity contribution in [3.63, 3.8) is 0 Å². The number of carbonyl (C=O) groups excluding carboxylic acids is 1. The van der Waals surface area contributed by atoms with Crippen molar-refractivity contribution in [1.29, 1.82) is 0 Å². The predicted octanol–water partition coefficient (Wildman–Crippen LogP) is 1.94. The zero-order chi connectivity index (χ0) is 14.8. The van der Waals surface area contributed by atoms with Gasteiger partial charge in [0.15, 0.2) is 5.69 Å². The lowest BCUT2D eigenvalue weighted by atomic mass is 10.2. The van der Waals surface area contributed by atoms with Gasteiger partial charge in [0.1, 0.15) is 5.69 Å². The largest absolute Gasteiger partial charge is 0.432 e. The van der Waals surface area contributed by atoms with Gasteiger partial charge < -0.3 is 11.1 Å². The Balaban J connectivity index is 2.00. The first kappa shape index (κ1) is 13.9. The molecule has 4 N–H and O–H groups in total. The highest BCUT2D eigenvalue weighted by atomic mass is 19.4. The number of amides is 1. The standard InChI is InChI=1S/C12H11F3N4O/c13-12(14,15)10-5-9(18-19-10)11(20)17-6-7-2-1-3-8(16)4-7/h1-5H,6,16H2,(H,17,20)(H,18,19). The lowest BCUT2D eigenvalue weighted by Gasteiger charge is -2.04. The molecule has 0 radical (unpaired) electrons. The Morgan fingerprint density at radius 1 is 1.35 bits per heavy atom. The van der Waals surface area contributed by atoms with Gasteiger partial charge in [-0.3, -0.25) is 9.89 Å². The van der Waals surface area contributed by atoms with Crippen LogP contribution in [0.4, 0.5) is 18.9 Å². The van der Waals surface area contributed by atoms with Crippen LogP contribution in [0.15, 0.2) is 30.3 Å². The van der Waals surface area contributed by atoms with Gasteiger partial charge in [0.25, 0.3) is 5.91 Å². The molecule has 0 saturated heterocycles. The van der Waals surface area contributed by atoms with Crippen molar-refractivity contribution in [2.45, 2.75) is 12.7 Å². The zero-order valence-corrected chi connectivity index (χ0v) is 10.2. The Bertz CT molecular complexity index is 621. The summed E-state index contributed by atoms with van der Waals surface area (Å²) >= 11 is 0. The maximum absolute atomic E-state index is 12.3. The molecule has 5 nitrogen and oxygen atoms in total. The third kappa shape index (κ3) is 3.28. The highest BCUT2D eigenvalue weighted by Crippen LogP contribution is 2.27. The number of nitrogen functional groups attached to an aromatic ring is 1. The van der Waals surface area contributed by atoms with Gasteiger partial charge in [0.2, 0.25) is 0 Å². The summed E-state index contributed by atoms with van der Waals surface area (Å²) in [6.07, 6.45) is -4.56. The summed E-state index contributed by atoms with van der Waals surface area (Å²) in [6, 6.07) is 7.46. The van der Waals surface area contributed by atoms with Gasteiger partial charge in [-0.25, -0.2) is 0 Å². The van der Waals surface area contributed by atoms with Crippen LogP contribution < -0.4 is 11.1 Å². The number of nitrogens with one attached hydrogen (secondary N) is 2. The second-order valence-corrected chi connectivity index (χ2v) is 4.09. The van der Waals surface area contributed by atoms with Gasteiger partial charge in [-0.1, -0.05) is 12.1 Å². The first-order valence-electron chi connectivity index (χ1n) is 5.61. The average Bonchev–Trinajstić information content (AvgIpc) is 2.85. The molecule has 0 atom stereocenters. The van der Waals surface area contributed by atoms with E-state index in [1.54, 1.807) is 29.4 Å². The van der Waals surface area contributed by atoms with Gasteiger partial charge in [0, 0.05) is 18.3 Å². The Labute approximate surface area is 112 Å². The number of nitrogens with two attached hydrogens (primary N) is 1. The average molecular weight is 284 g/mol. The van der Waals surface area contributed by atoms with E-state index < -0.39 is 17.8 Å². The normalized spacial score (nSPS) is 11.3. The first-order chi connectivity index (χ1) is 9.36. The first-order valence-corrected chi connectivity index (χ1v) is 5.61. The molecular formula is C12H11F3N4O. The molecule has 2 aromatic rings. The van der Waals surface area contributed by atoms with Crippen molar-refractivity contribution >= 4 is 11.6 Å². The van der Waals surface area contributed by atoms with E-state index in [2.05, 4.69) is 10.4 Å². The molecule has 20 heavy (non-hydrogen) atoms. The quantitative estimate of drug-likeness (QED) is 0.753. The molecule has 106 valence electrons. The summed E-state index contributed by atoms with van der Waals surface area (Å²) in [5.41, 5.74) is 5.47. The summed E-state index contributed by atoms with van der Waals surface area (Å²) in [4.78, 5) is 11.7.